The molecule has 4 nitrogen and oxygen atoms in total. The SMILES string of the molecule is NCc1ncc(-c2ccc3c(c2)OCO3)c2ccccc12. The molecule has 4 heteroatoms. The van der Waals surface area contributed by atoms with E-state index in [1.165, 1.54) is 0 Å². The van der Waals surface area contributed by atoms with Crippen molar-refractivity contribution in [3.63, 3.8) is 0 Å². The first-order valence-corrected chi connectivity index (χ1v) is 6.83. The average molecular weight is 278 g/mol. The Morgan fingerprint density at radius 3 is 2.67 bits per heavy atom. The number of hydrogen-bond donors (Lipinski definition) is 1. The molecule has 1 aliphatic heterocycles. The number of fused-ring (bicyclic) bond motifs is 2. The van der Waals surface area contributed by atoms with Crippen LogP contribution in [-0.2, 0) is 6.54 Å². The van der Waals surface area contributed by atoms with Crippen LogP contribution in [0.5, 0.6) is 11.5 Å². The highest BCUT2D eigenvalue weighted by Crippen LogP contribution is 2.37. The maximum absolute atomic E-state index is 5.78. The molecule has 0 amide bonds. The third-order valence-electron chi connectivity index (χ3n) is 3.75. The van der Waals surface area contributed by atoms with E-state index in [-0.39, 0.29) is 6.79 Å². The minimum absolute atomic E-state index is 0.282. The summed E-state index contributed by atoms with van der Waals surface area (Å²) in [6, 6.07) is 14.1. The summed E-state index contributed by atoms with van der Waals surface area (Å²) in [6.07, 6.45) is 1.88. The summed E-state index contributed by atoms with van der Waals surface area (Å²) in [7, 11) is 0. The van der Waals surface area contributed by atoms with Crippen LogP contribution in [0.1, 0.15) is 5.69 Å². The van der Waals surface area contributed by atoms with Crippen LogP contribution in [0.3, 0.4) is 0 Å². The van der Waals surface area contributed by atoms with Crippen molar-refractivity contribution in [1.82, 2.24) is 4.98 Å². The highest BCUT2D eigenvalue weighted by molar-refractivity contribution is 5.97. The van der Waals surface area contributed by atoms with Crippen LogP contribution in [0.15, 0.2) is 48.7 Å². The Balaban J connectivity index is 1.95. The number of ether oxygens (including phenoxy) is 2. The zero-order valence-corrected chi connectivity index (χ0v) is 11.4. The second kappa shape index (κ2) is 4.75. The molecule has 0 saturated carbocycles. The molecule has 0 spiro atoms. The number of nitrogens with zero attached hydrogens (tertiary/aromatic N) is 1. The summed E-state index contributed by atoms with van der Waals surface area (Å²) in [5.41, 5.74) is 8.82. The second-order valence-electron chi connectivity index (χ2n) is 4.94. The van der Waals surface area contributed by atoms with Crippen LogP contribution < -0.4 is 15.2 Å². The van der Waals surface area contributed by atoms with Gasteiger partial charge >= 0.3 is 0 Å². The Hall–Kier alpha value is -2.59. The van der Waals surface area contributed by atoms with Crippen LogP contribution in [-0.4, -0.2) is 11.8 Å². The lowest BCUT2D eigenvalue weighted by molar-refractivity contribution is 0.174. The van der Waals surface area contributed by atoms with E-state index < -0.39 is 0 Å². The van der Waals surface area contributed by atoms with E-state index in [0.717, 1.165) is 39.1 Å². The Morgan fingerprint density at radius 1 is 1.00 bits per heavy atom. The molecule has 0 aliphatic carbocycles. The molecule has 0 unspecified atom stereocenters. The molecule has 2 heterocycles. The first kappa shape index (κ1) is 12.2. The number of rotatable bonds is 2. The van der Waals surface area contributed by atoms with E-state index in [1.54, 1.807) is 0 Å². The van der Waals surface area contributed by atoms with Gasteiger partial charge in [0.2, 0.25) is 6.79 Å². The number of benzene rings is 2. The topological polar surface area (TPSA) is 57.4 Å². The van der Waals surface area contributed by atoms with Crippen molar-refractivity contribution in [2.45, 2.75) is 6.54 Å². The van der Waals surface area contributed by atoms with Crippen LogP contribution in [0.2, 0.25) is 0 Å². The normalized spacial score (nSPS) is 12.8. The van der Waals surface area contributed by atoms with Gasteiger partial charge in [0.05, 0.1) is 5.69 Å². The third kappa shape index (κ3) is 1.92. The molecule has 3 aromatic rings. The number of pyridine rings is 1. The Bertz CT molecular complexity index is 830. The Kier molecular flexibility index (Phi) is 2.75. The monoisotopic (exact) mass is 278 g/mol. The van der Waals surface area contributed by atoms with Crippen molar-refractivity contribution in [2.75, 3.05) is 6.79 Å². The minimum Gasteiger partial charge on any atom is -0.454 e. The van der Waals surface area contributed by atoms with Gasteiger partial charge in [0.1, 0.15) is 0 Å². The molecule has 0 bridgehead atoms. The van der Waals surface area contributed by atoms with E-state index in [0.29, 0.717) is 6.54 Å². The molecule has 2 aromatic carbocycles. The fourth-order valence-corrected chi connectivity index (χ4v) is 2.71. The molecule has 0 fully saturated rings. The van der Waals surface area contributed by atoms with E-state index in [2.05, 4.69) is 17.1 Å². The van der Waals surface area contributed by atoms with Gasteiger partial charge in [-0.2, -0.15) is 0 Å². The van der Waals surface area contributed by atoms with E-state index in [9.17, 15) is 0 Å². The fraction of sp³-hybridized carbons (Fsp3) is 0.118. The van der Waals surface area contributed by atoms with Crippen LogP contribution in [0, 0.1) is 0 Å². The minimum atomic E-state index is 0.282. The van der Waals surface area contributed by atoms with Gasteiger partial charge in [0.25, 0.3) is 0 Å². The first-order chi connectivity index (χ1) is 10.4. The summed E-state index contributed by atoms with van der Waals surface area (Å²) in [5.74, 6) is 1.56. The van der Waals surface area contributed by atoms with Crippen molar-refractivity contribution >= 4 is 10.8 Å². The van der Waals surface area contributed by atoms with Crippen molar-refractivity contribution in [3.05, 3.63) is 54.4 Å². The van der Waals surface area contributed by atoms with Gasteiger partial charge in [-0.25, -0.2) is 0 Å². The molecule has 2 N–H and O–H groups in total. The van der Waals surface area contributed by atoms with Crippen LogP contribution in [0.4, 0.5) is 0 Å². The quantitative estimate of drug-likeness (QED) is 0.782. The molecular weight excluding hydrogens is 264 g/mol. The summed E-state index contributed by atoms with van der Waals surface area (Å²) >= 11 is 0. The smallest absolute Gasteiger partial charge is 0.231 e. The molecule has 0 radical (unpaired) electrons. The lowest BCUT2D eigenvalue weighted by Crippen LogP contribution is -2.01. The lowest BCUT2D eigenvalue weighted by atomic mass is 9.99. The predicted octanol–water partition coefficient (Wildman–Crippen LogP) is 3.09. The lowest BCUT2D eigenvalue weighted by Gasteiger charge is -2.10. The summed E-state index contributed by atoms with van der Waals surface area (Å²) < 4.78 is 10.8. The highest BCUT2D eigenvalue weighted by atomic mass is 16.7. The zero-order chi connectivity index (χ0) is 14.2. The van der Waals surface area contributed by atoms with Crippen molar-refractivity contribution in [1.29, 1.82) is 0 Å². The Labute approximate surface area is 122 Å². The molecule has 0 atom stereocenters. The largest absolute Gasteiger partial charge is 0.454 e. The maximum atomic E-state index is 5.78. The van der Waals surface area contributed by atoms with Crippen LogP contribution >= 0.6 is 0 Å². The maximum Gasteiger partial charge on any atom is 0.231 e. The van der Waals surface area contributed by atoms with Gasteiger partial charge in [-0.3, -0.25) is 4.98 Å². The van der Waals surface area contributed by atoms with Crippen molar-refractivity contribution < 1.29 is 9.47 Å². The highest BCUT2D eigenvalue weighted by Gasteiger charge is 2.15. The molecular formula is C17H14N2O2. The standard InChI is InChI=1S/C17H14N2O2/c18-8-15-13-4-2-1-3-12(13)14(9-19-15)11-5-6-16-17(7-11)21-10-20-16/h1-7,9H,8,10,18H2. The molecule has 104 valence electrons. The second-order valence-corrected chi connectivity index (χ2v) is 4.94. The molecule has 0 saturated heterocycles. The Morgan fingerprint density at radius 2 is 1.81 bits per heavy atom. The van der Waals surface area contributed by atoms with Crippen molar-refractivity contribution in [2.24, 2.45) is 5.73 Å². The first-order valence-electron chi connectivity index (χ1n) is 6.83. The van der Waals surface area contributed by atoms with Crippen LogP contribution in [0.25, 0.3) is 21.9 Å². The predicted molar refractivity (Wildman–Crippen MR) is 81.2 cm³/mol. The summed E-state index contributed by atoms with van der Waals surface area (Å²) in [6.45, 7) is 0.714. The van der Waals surface area contributed by atoms with Gasteiger partial charge in [-0.05, 0) is 23.1 Å². The zero-order valence-electron chi connectivity index (χ0n) is 11.4. The van der Waals surface area contributed by atoms with E-state index in [1.807, 2.05) is 36.5 Å². The fourth-order valence-electron chi connectivity index (χ4n) is 2.71. The van der Waals surface area contributed by atoms with Gasteiger partial charge in [0, 0.05) is 23.7 Å². The number of hydrogen-bond acceptors (Lipinski definition) is 4. The van der Waals surface area contributed by atoms with Gasteiger partial charge in [-0.1, -0.05) is 30.3 Å². The number of nitrogens with two attached hydrogens (primary N) is 1. The third-order valence-corrected chi connectivity index (χ3v) is 3.75. The molecule has 1 aromatic heterocycles. The summed E-state index contributed by atoms with van der Waals surface area (Å²) in [5, 5.41) is 2.24. The number of aromatic nitrogens is 1. The molecule has 4 rings (SSSR count). The van der Waals surface area contributed by atoms with Gasteiger partial charge in [0.15, 0.2) is 11.5 Å². The van der Waals surface area contributed by atoms with E-state index in [4.69, 9.17) is 15.2 Å². The van der Waals surface area contributed by atoms with Gasteiger partial charge < -0.3 is 15.2 Å². The molecule has 21 heavy (non-hydrogen) atoms. The van der Waals surface area contributed by atoms with Crippen molar-refractivity contribution in [3.8, 4) is 22.6 Å². The summed E-state index contributed by atoms with van der Waals surface area (Å²) in [4.78, 5) is 4.50. The van der Waals surface area contributed by atoms with Gasteiger partial charge in [-0.15, -0.1) is 0 Å². The average Bonchev–Trinajstić information content (AvgIpc) is 3.01. The molecule has 1 aliphatic rings. The van der Waals surface area contributed by atoms with E-state index >= 15 is 0 Å².